The molecule has 1 aromatic rings. The summed E-state index contributed by atoms with van der Waals surface area (Å²) >= 11 is 2.15. The highest BCUT2D eigenvalue weighted by Gasteiger charge is 1.93. The van der Waals surface area contributed by atoms with Crippen molar-refractivity contribution in [1.29, 1.82) is 5.41 Å². The number of nitrogens with two attached hydrogens (primary N) is 1. The van der Waals surface area contributed by atoms with E-state index in [2.05, 4.69) is 38.1 Å². The van der Waals surface area contributed by atoms with Crippen molar-refractivity contribution in [1.82, 2.24) is 10.4 Å². The summed E-state index contributed by atoms with van der Waals surface area (Å²) in [6.45, 7) is 0. The van der Waals surface area contributed by atoms with Crippen LogP contribution in [0.1, 0.15) is 5.56 Å². The number of hydrazone groups is 1. The molecule has 1 rings (SSSR count). The van der Waals surface area contributed by atoms with E-state index in [4.69, 9.17) is 11.1 Å². The molecule has 4 N–H and O–H groups in total. The molecule has 6 heteroatoms. The molecular weight excluding hydrogens is 281 g/mol. The van der Waals surface area contributed by atoms with E-state index in [9.17, 15) is 0 Å². The third-order valence-corrected chi connectivity index (χ3v) is 2.09. The molecular formula is C7H8IN5. The van der Waals surface area contributed by atoms with E-state index < -0.39 is 0 Å². The lowest BCUT2D eigenvalue weighted by Crippen LogP contribution is -2.25. The molecule has 0 aliphatic carbocycles. The molecule has 13 heavy (non-hydrogen) atoms. The van der Waals surface area contributed by atoms with Gasteiger partial charge in [0, 0.05) is 21.5 Å². The van der Waals surface area contributed by atoms with Crippen LogP contribution in [0.4, 0.5) is 0 Å². The predicted molar refractivity (Wildman–Crippen MR) is 59.6 cm³/mol. The molecule has 5 nitrogen and oxygen atoms in total. The zero-order valence-electron chi connectivity index (χ0n) is 6.66. The van der Waals surface area contributed by atoms with Gasteiger partial charge in [-0.2, -0.15) is 5.10 Å². The van der Waals surface area contributed by atoms with Crippen LogP contribution in [0.3, 0.4) is 0 Å². The molecule has 0 saturated carbocycles. The van der Waals surface area contributed by atoms with Gasteiger partial charge in [0.15, 0.2) is 0 Å². The second-order valence-corrected chi connectivity index (χ2v) is 3.34. The van der Waals surface area contributed by atoms with Crippen molar-refractivity contribution in [2.75, 3.05) is 0 Å². The van der Waals surface area contributed by atoms with Gasteiger partial charge >= 0.3 is 0 Å². The first-order valence-corrected chi connectivity index (χ1v) is 4.50. The van der Waals surface area contributed by atoms with Crippen molar-refractivity contribution < 1.29 is 0 Å². The first-order chi connectivity index (χ1) is 6.20. The average Bonchev–Trinajstić information content (AvgIpc) is 2.08. The SMILES string of the molecule is N=C(N)N/N=C/c1ccncc1I. The molecule has 0 aromatic carbocycles. The van der Waals surface area contributed by atoms with Gasteiger partial charge in [-0.05, 0) is 28.7 Å². The molecule has 0 aliphatic heterocycles. The molecule has 1 heterocycles. The van der Waals surface area contributed by atoms with Crippen LogP contribution in [0.2, 0.25) is 0 Å². The van der Waals surface area contributed by atoms with Gasteiger partial charge in [0.05, 0.1) is 6.21 Å². The zero-order chi connectivity index (χ0) is 9.68. The molecule has 0 fully saturated rings. The number of hydrogen-bond acceptors (Lipinski definition) is 3. The van der Waals surface area contributed by atoms with Gasteiger partial charge in [0.25, 0.3) is 0 Å². The minimum Gasteiger partial charge on any atom is -0.369 e. The number of nitrogens with zero attached hydrogens (tertiary/aromatic N) is 2. The van der Waals surface area contributed by atoms with Crippen LogP contribution in [0.25, 0.3) is 0 Å². The summed E-state index contributed by atoms with van der Waals surface area (Å²) in [5.41, 5.74) is 8.30. The predicted octanol–water partition coefficient (Wildman–Crippen LogP) is 0.503. The quantitative estimate of drug-likeness (QED) is 0.321. The van der Waals surface area contributed by atoms with E-state index in [-0.39, 0.29) is 5.96 Å². The minimum atomic E-state index is -0.180. The Morgan fingerprint density at radius 3 is 3.15 bits per heavy atom. The summed E-state index contributed by atoms with van der Waals surface area (Å²) in [5, 5.41) is 10.6. The van der Waals surface area contributed by atoms with Crippen molar-refractivity contribution in [3.8, 4) is 0 Å². The number of rotatable bonds is 2. The second-order valence-electron chi connectivity index (χ2n) is 2.18. The molecule has 0 bridgehead atoms. The van der Waals surface area contributed by atoms with Crippen LogP contribution in [0.15, 0.2) is 23.6 Å². The van der Waals surface area contributed by atoms with Gasteiger partial charge in [-0.3, -0.25) is 10.4 Å². The summed E-state index contributed by atoms with van der Waals surface area (Å²) in [4.78, 5) is 3.93. The van der Waals surface area contributed by atoms with Crippen LogP contribution in [0.5, 0.6) is 0 Å². The monoisotopic (exact) mass is 289 g/mol. The number of hydrogen-bond donors (Lipinski definition) is 3. The van der Waals surface area contributed by atoms with E-state index in [1.807, 2.05) is 6.07 Å². The fourth-order valence-electron chi connectivity index (χ4n) is 0.662. The molecule has 0 unspecified atom stereocenters. The standard InChI is InChI=1S/C7H8IN5/c8-6-4-11-2-1-5(6)3-12-13-7(9)10/h1-4H,(H4,9,10,13)/b12-3+. The maximum absolute atomic E-state index is 6.85. The number of guanidine groups is 1. The van der Waals surface area contributed by atoms with Crippen molar-refractivity contribution in [2.45, 2.75) is 0 Å². The van der Waals surface area contributed by atoms with Crippen LogP contribution in [0, 0.1) is 8.98 Å². The van der Waals surface area contributed by atoms with E-state index in [1.165, 1.54) is 0 Å². The van der Waals surface area contributed by atoms with Crippen LogP contribution >= 0.6 is 22.6 Å². The smallest absolute Gasteiger partial charge is 0.206 e. The normalized spacial score (nSPS) is 10.2. The van der Waals surface area contributed by atoms with Crippen molar-refractivity contribution in [3.63, 3.8) is 0 Å². The molecule has 0 amide bonds. The highest BCUT2D eigenvalue weighted by Crippen LogP contribution is 2.06. The van der Waals surface area contributed by atoms with Crippen LogP contribution < -0.4 is 11.2 Å². The van der Waals surface area contributed by atoms with E-state index in [0.717, 1.165) is 9.13 Å². The highest BCUT2D eigenvalue weighted by molar-refractivity contribution is 14.1. The van der Waals surface area contributed by atoms with E-state index in [1.54, 1.807) is 18.6 Å². The largest absolute Gasteiger partial charge is 0.369 e. The molecule has 0 aliphatic rings. The Balaban J connectivity index is 2.68. The van der Waals surface area contributed by atoms with Crippen LogP contribution in [-0.2, 0) is 0 Å². The van der Waals surface area contributed by atoms with Gasteiger partial charge in [0.1, 0.15) is 0 Å². The lowest BCUT2D eigenvalue weighted by molar-refractivity contribution is 1.00. The van der Waals surface area contributed by atoms with Crippen molar-refractivity contribution in [2.24, 2.45) is 10.8 Å². The van der Waals surface area contributed by atoms with Crippen molar-refractivity contribution >= 4 is 34.8 Å². The number of aromatic nitrogens is 1. The Bertz CT molecular complexity index is 335. The fourth-order valence-corrected chi connectivity index (χ4v) is 1.14. The Hall–Kier alpha value is -1.18. The third-order valence-electron chi connectivity index (χ3n) is 1.19. The van der Waals surface area contributed by atoms with Gasteiger partial charge in [-0.15, -0.1) is 0 Å². The Labute approximate surface area is 89.1 Å². The van der Waals surface area contributed by atoms with Gasteiger partial charge in [-0.25, -0.2) is 5.43 Å². The Kier molecular flexibility index (Phi) is 3.62. The maximum atomic E-state index is 6.85. The van der Waals surface area contributed by atoms with Crippen LogP contribution in [-0.4, -0.2) is 17.2 Å². The fraction of sp³-hybridized carbons (Fsp3) is 0. The molecule has 1 aromatic heterocycles. The molecule has 0 spiro atoms. The van der Waals surface area contributed by atoms with Gasteiger partial charge in [-0.1, -0.05) is 0 Å². The zero-order valence-corrected chi connectivity index (χ0v) is 8.82. The van der Waals surface area contributed by atoms with E-state index in [0.29, 0.717) is 0 Å². The lowest BCUT2D eigenvalue weighted by atomic mass is 10.3. The molecule has 0 saturated heterocycles. The van der Waals surface area contributed by atoms with E-state index >= 15 is 0 Å². The third kappa shape index (κ3) is 3.36. The minimum absolute atomic E-state index is 0.180. The number of nitrogens with one attached hydrogen (secondary N) is 2. The Morgan fingerprint density at radius 2 is 2.54 bits per heavy atom. The molecule has 0 radical (unpaired) electrons. The first kappa shape index (κ1) is 9.90. The molecule has 0 atom stereocenters. The van der Waals surface area contributed by atoms with Gasteiger partial charge < -0.3 is 5.73 Å². The Morgan fingerprint density at radius 1 is 1.77 bits per heavy atom. The number of halogens is 1. The molecule has 68 valence electrons. The first-order valence-electron chi connectivity index (χ1n) is 3.43. The summed E-state index contributed by atoms with van der Waals surface area (Å²) in [6, 6.07) is 1.83. The average molecular weight is 289 g/mol. The lowest BCUT2D eigenvalue weighted by Gasteiger charge is -1.96. The maximum Gasteiger partial charge on any atom is 0.206 e. The van der Waals surface area contributed by atoms with Gasteiger partial charge in [0.2, 0.25) is 5.96 Å². The summed E-state index contributed by atoms with van der Waals surface area (Å²) in [7, 11) is 0. The number of pyridine rings is 1. The van der Waals surface area contributed by atoms with Crippen molar-refractivity contribution in [3.05, 3.63) is 27.6 Å². The topological polar surface area (TPSA) is 87.2 Å². The summed E-state index contributed by atoms with van der Waals surface area (Å²) in [5.74, 6) is -0.180. The highest BCUT2D eigenvalue weighted by atomic mass is 127. The second kappa shape index (κ2) is 4.75. The summed E-state index contributed by atoms with van der Waals surface area (Å²) in [6.07, 6.45) is 5.00. The summed E-state index contributed by atoms with van der Waals surface area (Å²) < 4.78 is 0.995.